The topological polar surface area (TPSA) is 145 Å². The van der Waals surface area contributed by atoms with Crippen LogP contribution in [0.15, 0.2) is 54.7 Å². The molecule has 10 heteroatoms. The van der Waals surface area contributed by atoms with Gasteiger partial charge < -0.3 is 15.5 Å². The number of aliphatic hydroxyl groups is 2. The molecule has 2 aromatic carbocycles. The molecule has 2 amide bonds. The van der Waals surface area contributed by atoms with Crippen molar-refractivity contribution in [2.24, 2.45) is 5.92 Å². The van der Waals surface area contributed by atoms with E-state index in [1.807, 2.05) is 12.1 Å². The van der Waals surface area contributed by atoms with Gasteiger partial charge >= 0.3 is 0 Å². The van der Waals surface area contributed by atoms with Crippen LogP contribution in [0.2, 0.25) is 5.02 Å². The molecule has 0 bridgehead atoms. The second kappa shape index (κ2) is 12.2. The van der Waals surface area contributed by atoms with Gasteiger partial charge in [-0.15, -0.1) is 0 Å². The minimum absolute atomic E-state index is 0.0582. The molecule has 0 aliphatic heterocycles. The van der Waals surface area contributed by atoms with E-state index in [1.54, 1.807) is 55.7 Å². The Balaban J connectivity index is 1.83. The van der Waals surface area contributed by atoms with E-state index in [0.717, 1.165) is 5.56 Å². The largest absolute Gasteiger partial charge is 0.391 e. The lowest BCUT2D eigenvalue weighted by molar-refractivity contribution is -0.135. The molecule has 1 aromatic heterocycles. The number of nitrogens with one attached hydrogen (secondary N) is 2. The smallest absolute Gasteiger partial charge is 0.271 e. The predicted octanol–water partition coefficient (Wildman–Crippen LogP) is 3.05. The Morgan fingerprint density at radius 2 is 1.83 bits per heavy atom. The number of hydroxylamine groups is 1. The van der Waals surface area contributed by atoms with E-state index < -0.39 is 35.5 Å². The Hall–Kier alpha value is -3.11. The van der Waals surface area contributed by atoms with Gasteiger partial charge in [0.1, 0.15) is 5.69 Å². The molecule has 36 heavy (non-hydrogen) atoms. The monoisotopic (exact) mass is 514 g/mol. The summed E-state index contributed by atoms with van der Waals surface area (Å²) < 4.78 is 0. The van der Waals surface area contributed by atoms with Crippen LogP contribution in [0.4, 0.5) is 0 Å². The number of para-hydroxylation sites is 2. The van der Waals surface area contributed by atoms with E-state index in [0.29, 0.717) is 16.1 Å². The number of halogens is 1. The number of hydrogen-bond donors (Lipinski definition) is 5. The van der Waals surface area contributed by atoms with Gasteiger partial charge in [0.25, 0.3) is 5.91 Å². The first-order chi connectivity index (χ1) is 17.1. The van der Waals surface area contributed by atoms with E-state index in [-0.39, 0.29) is 31.4 Å². The first kappa shape index (κ1) is 27.5. The van der Waals surface area contributed by atoms with Gasteiger partial charge in [-0.25, -0.2) is 10.5 Å². The molecular formula is C26H31ClN4O5. The lowest BCUT2D eigenvalue weighted by Gasteiger charge is -2.28. The minimum atomic E-state index is -1.16. The van der Waals surface area contributed by atoms with Gasteiger partial charge in [0.05, 0.1) is 35.0 Å². The van der Waals surface area contributed by atoms with Crippen molar-refractivity contribution in [3.63, 3.8) is 0 Å². The van der Waals surface area contributed by atoms with Gasteiger partial charge in [-0.1, -0.05) is 35.9 Å². The van der Waals surface area contributed by atoms with E-state index in [1.165, 1.54) is 6.20 Å². The maximum atomic E-state index is 13.1. The van der Waals surface area contributed by atoms with Crippen molar-refractivity contribution in [2.45, 2.75) is 57.3 Å². The third-order valence-corrected chi connectivity index (χ3v) is 6.15. The fourth-order valence-corrected chi connectivity index (χ4v) is 4.15. The van der Waals surface area contributed by atoms with Crippen molar-refractivity contribution in [1.29, 1.82) is 0 Å². The Bertz CT molecular complexity index is 1200. The van der Waals surface area contributed by atoms with E-state index in [9.17, 15) is 25.0 Å². The Morgan fingerprint density at radius 1 is 1.11 bits per heavy atom. The summed E-state index contributed by atoms with van der Waals surface area (Å²) in [6, 6.07) is 13.4. The molecule has 1 heterocycles. The molecule has 3 aromatic rings. The summed E-state index contributed by atoms with van der Waals surface area (Å²) in [5.41, 5.74) is 2.67. The third kappa shape index (κ3) is 7.96. The van der Waals surface area contributed by atoms with E-state index >= 15 is 0 Å². The zero-order valence-electron chi connectivity index (χ0n) is 20.2. The maximum absolute atomic E-state index is 13.1. The summed E-state index contributed by atoms with van der Waals surface area (Å²) in [5.74, 6) is -2.00. The number of aliphatic hydroxyl groups excluding tert-OH is 1. The molecule has 0 aliphatic rings. The molecule has 9 nitrogen and oxygen atoms in total. The Kier molecular flexibility index (Phi) is 9.33. The van der Waals surface area contributed by atoms with Gasteiger partial charge in [-0.2, -0.15) is 0 Å². The predicted molar refractivity (Wildman–Crippen MR) is 136 cm³/mol. The van der Waals surface area contributed by atoms with Gasteiger partial charge in [0.2, 0.25) is 5.91 Å². The van der Waals surface area contributed by atoms with Crippen molar-refractivity contribution >= 4 is 34.4 Å². The molecule has 0 saturated carbocycles. The van der Waals surface area contributed by atoms with Gasteiger partial charge in [-0.05, 0) is 69.4 Å². The number of amides is 2. The van der Waals surface area contributed by atoms with Gasteiger partial charge in [0.15, 0.2) is 0 Å². The average molecular weight is 515 g/mol. The Morgan fingerprint density at radius 3 is 2.50 bits per heavy atom. The highest BCUT2D eigenvalue weighted by molar-refractivity contribution is 6.30. The van der Waals surface area contributed by atoms with E-state index in [2.05, 4.69) is 15.3 Å². The zero-order chi connectivity index (χ0) is 26.3. The molecule has 0 saturated heterocycles. The van der Waals surface area contributed by atoms with Crippen LogP contribution in [-0.2, 0) is 11.2 Å². The van der Waals surface area contributed by atoms with Crippen LogP contribution in [0, 0.1) is 5.92 Å². The molecule has 192 valence electrons. The number of carbonyl (C=O) groups excluding carboxylic acids is 2. The summed E-state index contributed by atoms with van der Waals surface area (Å²) in [5, 5.41) is 33.7. The third-order valence-electron chi connectivity index (χ3n) is 5.92. The van der Waals surface area contributed by atoms with Crippen LogP contribution in [0.25, 0.3) is 11.0 Å². The molecule has 0 aliphatic carbocycles. The number of hydrogen-bond acceptors (Lipinski definition) is 7. The lowest BCUT2D eigenvalue weighted by atomic mass is 9.87. The standard InChI is InChI=1S/C26H31ClN4O5/c1-26(2,35)11-10-17(24(33)31-36)14-23(32)21(13-16-6-5-7-18(27)12-16)30-25(34)22-15-28-19-8-3-4-9-20(19)29-22/h3-9,12,15,17,21,23,32,35-36H,10-11,13-14H2,1-2H3,(H,30,34)(H,31,33)/t17-,21+,23+/m1/s1. The summed E-state index contributed by atoms with van der Waals surface area (Å²) in [4.78, 5) is 34.0. The minimum Gasteiger partial charge on any atom is -0.391 e. The molecule has 3 atom stereocenters. The second-order valence-corrected chi connectivity index (χ2v) is 9.92. The quantitative estimate of drug-likeness (QED) is 0.195. The van der Waals surface area contributed by atoms with Gasteiger partial charge in [-0.3, -0.25) is 19.8 Å². The number of benzene rings is 2. The van der Waals surface area contributed by atoms with Crippen molar-refractivity contribution in [3.05, 3.63) is 71.0 Å². The first-order valence-electron chi connectivity index (χ1n) is 11.7. The number of rotatable bonds is 11. The molecule has 0 radical (unpaired) electrons. The zero-order valence-corrected chi connectivity index (χ0v) is 20.9. The molecule has 0 spiro atoms. The second-order valence-electron chi connectivity index (χ2n) is 9.49. The fourth-order valence-electron chi connectivity index (χ4n) is 3.94. The number of fused-ring (bicyclic) bond motifs is 1. The molecule has 0 unspecified atom stereocenters. The summed E-state index contributed by atoms with van der Waals surface area (Å²) in [6.07, 6.45) is 0.873. The van der Waals surface area contributed by atoms with Crippen LogP contribution in [-0.4, -0.2) is 54.9 Å². The maximum Gasteiger partial charge on any atom is 0.271 e. The van der Waals surface area contributed by atoms with Crippen molar-refractivity contribution < 1.29 is 25.0 Å². The lowest BCUT2D eigenvalue weighted by Crippen LogP contribution is -2.47. The van der Waals surface area contributed by atoms with Crippen LogP contribution in [0.1, 0.15) is 49.2 Å². The normalized spacial score (nSPS) is 14.2. The average Bonchev–Trinajstić information content (AvgIpc) is 2.84. The highest BCUT2D eigenvalue weighted by Gasteiger charge is 2.30. The molecular weight excluding hydrogens is 484 g/mol. The van der Waals surface area contributed by atoms with Crippen LogP contribution < -0.4 is 10.8 Å². The molecule has 5 N–H and O–H groups in total. The summed E-state index contributed by atoms with van der Waals surface area (Å²) in [7, 11) is 0. The van der Waals surface area contributed by atoms with E-state index in [4.69, 9.17) is 11.6 Å². The number of nitrogens with zero attached hydrogens (tertiary/aromatic N) is 2. The van der Waals surface area contributed by atoms with Crippen LogP contribution >= 0.6 is 11.6 Å². The van der Waals surface area contributed by atoms with Crippen molar-refractivity contribution in [2.75, 3.05) is 0 Å². The first-order valence-corrected chi connectivity index (χ1v) is 12.0. The fraction of sp³-hybridized carbons (Fsp3) is 0.385. The summed E-state index contributed by atoms with van der Waals surface area (Å²) in [6.45, 7) is 3.23. The SMILES string of the molecule is CC(C)(O)CC[C@H](C[C@H](O)[C@H](Cc1cccc(Cl)c1)NC(=O)c1cnc2ccccc2n1)C(=O)NO. The highest BCUT2D eigenvalue weighted by Crippen LogP contribution is 2.23. The Labute approximate surface area is 214 Å². The van der Waals surface area contributed by atoms with Crippen LogP contribution in [0.3, 0.4) is 0 Å². The molecule has 3 rings (SSSR count). The van der Waals surface area contributed by atoms with Gasteiger partial charge in [0, 0.05) is 10.9 Å². The summed E-state index contributed by atoms with van der Waals surface area (Å²) >= 11 is 6.12. The van der Waals surface area contributed by atoms with Crippen molar-refractivity contribution in [3.8, 4) is 0 Å². The number of carbonyl (C=O) groups is 2. The molecule has 0 fully saturated rings. The van der Waals surface area contributed by atoms with Crippen LogP contribution in [0.5, 0.6) is 0 Å². The number of aromatic nitrogens is 2. The highest BCUT2D eigenvalue weighted by atomic mass is 35.5. The van der Waals surface area contributed by atoms with Crippen molar-refractivity contribution in [1.82, 2.24) is 20.8 Å².